The number of aromatic nitrogens is 1. The molecule has 4 rings (SSSR count). The first-order chi connectivity index (χ1) is 13.6. The van der Waals surface area contributed by atoms with E-state index in [2.05, 4.69) is 42.3 Å². The molecular formula is C23H22N2O3. The smallest absolute Gasteiger partial charge is 0.257 e. The van der Waals surface area contributed by atoms with Gasteiger partial charge in [0.2, 0.25) is 0 Å². The molecule has 5 nitrogen and oxygen atoms in total. The van der Waals surface area contributed by atoms with Crippen molar-refractivity contribution in [3.8, 4) is 22.8 Å². The zero-order valence-electron chi connectivity index (χ0n) is 16.0. The summed E-state index contributed by atoms with van der Waals surface area (Å²) in [7, 11) is 0. The Kier molecular flexibility index (Phi) is 4.98. The highest BCUT2D eigenvalue weighted by Gasteiger charge is 2.13. The summed E-state index contributed by atoms with van der Waals surface area (Å²) >= 11 is 0. The van der Waals surface area contributed by atoms with E-state index in [1.807, 2.05) is 18.2 Å². The molecule has 0 saturated carbocycles. The molecule has 0 atom stereocenters. The van der Waals surface area contributed by atoms with Gasteiger partial charge in [-0.15, -0.1) is 0 Å². The average Bonchev–Trinajstić information content (AvgIpc) is 2.95. The Labute approximate surface area is 164 Å². The summed E-state index contributed by atoms with van der Waals surface area (Å²) in [5.41, 5.74) is 5.43. The molecule has 0 radical (unpaired) electrons. The van der Waals surface area contributed by atoms with Crippen LogP contribution in [0.25, 0.3) is 11.3 Å². The molecule has 0 saturated heterocycles. The number of rotatable bonds is 3. The summed E-state index contributed by atoms with van der Waals surface area (Å²) in [5, 5.41) is 2.89. The third-order valence-electron chi connectivity index (χ3n) is 4.70. The predicted molar refractivity (Wildman–Crippen MR) is 109 cm³/mol. The van der Waals surface area contributed by atoms with Crippen molar-refractivity contribution in [2.75, 3.05) is 18.5 Å². The van der Waals surface area contributed by atoms with Crippen LogP contribution in [0.5, 0.6) is 11.5 Å². The summed E-state index contributed by atoms with van der Waals surface area (Å²) in [4.78, 5) is 17.1. The predicted octanol–water partition coefficient (Wildman–Crippen LogP) is 4.78. The fourth-order valence-electron chi connectivity index (χ4n) is 3.14. The first kappa shape index (κ1) is 18.0. The third kappa shape index (κ3) is 3.83. The standard InChI is InChI=1S/C23H22N2O3/c1-15-4-5-16(2)19(12-15)20-8-6-17(14-24-20)23(26)25-18-7-9-21-22(13-18)28-11-3-10-27-21/h4-9,12-14H,3,10-11H2,1-2H3,(H,25,26). The van der Waals surface area contributed by atoms with Gasteiger partial charge in [0.05, 0.1) is 24.5 Å². The van der Waals surface area contributed by atoms with Gasteiger partial charge in [0.25, 0.3) is 5.91 Å². The minimum Gasteiger partial charge on any atom is -0.490 e. The highest BCUT2D eigenvalue weighted by atomic mass is 16.5. The average molecular weight is 374 g/mol. The zero-order valence-corrected chi connectivity index (χ0v) is 16.0. The van der Waals surface area contributed by atoms with E-state index in [9.17, 15) is 4.79 Å². The number of nitrogens with one attached hydrogen (secondary N) is 1. The van der Waals surface area contributed by atoms with E-state index in [1.165, 1.54) is 5.56 Å². The third-order valence-corrected chi connectivity index (χ3v) is 4.70. The van der Waals surface area contributed by atoms with E-state index >= 15 is 0 Å². The molecule has 1 aliphatic heterocycles. The molecular weight excluding hydrogens is 352 g/mol. The second kappa shape index (κ2) is 7.72. The molecule has 1 aromatic heterocycles. The minimum atomic E-state index is -0.213. The van der Waals surface area contributed by atoms with Crippen LogP contribution in [0.2, 0.25) is 0 Å². The number of fused-ring (bicyclic) bond motifs is 1. The molecule has 1 aliphatic rings. The van der Waals surface area contributed by atoms with Crippen LogP contribution in [-0.4, -0.2) is 24.1 Å². The molecule has 2 aromatic carbocycles. The van der Waals surface area contributed by atoms with Crippen molar-refractivity contribution in [1.82, 2.24) is 4.98 Å². The monoisotopic (exact) mass is 374 g/mol. The van der Waals surface area contributed by atoms with Crippen molar-refractivity contribution < 1.29 is 14.3 Å². The Hall–Kier alpha value is -3.34. The van der Waals surface area contributed by atoms with E-state index in [0.29, 0.717) is 36.0 Å². The van der Waals surface area contributed by atoms with E-state index in [4.69, 9.17) is 9.47 Å². The van der Waals surface area contributed by atoms with Crippen molar-refractivity contribution >= 4 is 11.6 Å². The molecule has 2 heterocycles. The van der Waals surface area contributed by atoms with E-state index in [1.54, 1.807) is 18.3 Å². The Balaban J connectivity index is 1.51. The summed E-state index contributed by atoms with van der Waals surface area (Å²) in [5.74, 6) is 1.14. The van der Waals surface area contributed by atoms with Gasteiger partial charge in [0.1, 0.15) is 0 Å². The largest absolute Gasteiger partial charge is 0.490 e. The van der Waals surface area contributed by atoms with Crippen LogP contribution >= 0.6 is 0 Å². The molecule has 0 spiro atoms. The molecule has 28 heavy (non-hydrogen) atoms. The fraction of sp³-hybridized carbons (Fsp3) is 0.217. The van der Waals surface area contributed by atoms with Crippen LogP contribution in [0.3, 0.4) is 0 Å². The molecule has 0 fully saturated rings. The fourth-order valence-corrected chi connectivity index (χ4v) is 3.14. The topological polar surface area (TPSA) is 60.5 Å². The van der Waals surface area contributed by atoms with Crippen LogP contribution in [0.15, 0.2) is 54.7 Å². The van der Waals surface area contributed by atoms with Crippen molar-refractivity contribution in [2.24, 2.45) is 0 Å². The van der Waals surface area contributed by atoms with Gasteiger partial charge in [-0.1, -0.05) is 17.7 Å². The molecule has 0 bridgehead atoms. The molecule has 1 N–H and O–H groups in total. The first-order valence-corrected chi connectivity index (χ1v) is 9.35. The number of hydrogen-bond acceptors (Lipinski definition) is 4. The van der Waals surface area contributed by atoms with E-state index in [0.717, 1.165) is 23.2 Å². The Morgan fingerprint density at radius 2 is 1.79 bits per heavy atom. The molecule has 142 valence electrons. The lowest BCUT2D eigenvalue weighted by Crippen LogP contribution is -2.12. The molecule has 5 heteroatoms. The van der Waals surface area contributed by atoms with Crippen molar-refractivity contribution in [3.63, 3.8) is 0 Å². The summed E-state index contributed by atoms with van der Waals surface area (Å²) in [6.07, 6.45) is 2.45. The Morgan fingerprint density at radius 3 is 2.57 bits per heavy atom. The maximum Gasteiger partial charge on any atom is 0.257 e. The number of carbonyl (C=O) groups is 1. The second-order valence-corrected chi connectivity index (χ2v) is 6.92. The number of hydrogen-bond donors (Lipinski definition) is 1. The molecule has 0 aliphatic carbocycles. The van der Waals surface area contributed by atoms with E-state index < -0.39 is 0 Å². The van der Waals surface area contributed by atoms with Crippen molar-refractivity contribution in [2.45, 2.75) is 20.3 Å². The highest BCUT2D eigenvalue weighted by molar-refractivity contribution is 6.04. The zero-order chi connectivity index (χ0) is 19.5. The van der Waals surface area contributed by atoms with Crippen LogP contribution in [0.4, 0.5) is 5.69 Å². The van der Waals surface area contributed by atoms with Gasteiger partial charge >= 0.3 is 0 Å². The van der Waals surface area contributed by atoms with E-state index in [-0.39, 0.29) is 5.91 Å². The summed E-state index contributed by atoms with van der Waals surface area (Å²) in [6.45, 7) is 5.35. The molecule has 1 amide bonds. The van der Waals surface area contributed by atoms with Gasteiger partial charge in [-0.05, 0) is 49.7 Å². The number of aryl methyl sites for hydroxylation is 2. The van der Waals surface area contributed by atoms with Crippen molar-refractivity contribution in [3.05, 3.63) is 71.4 Å². The lowest BCUT2D eigenvalue weighted by molar-refractivity contribution is 0.102. The van der Waals surface area contributed by atoms with Gasteiger partial charge in [-0.3, -0.25) is 9.78 Å². The number of benzene rings is 2. The maximum atomic E-state index is 12.6. The number of amides is 1. The van der Waals surface area contributed by atoms with Gasteiger partial charge in [-0.2, -0.15) is 0 Å². The van der Waals surface area contributed by atoms with Gasteiger partial charge in [-0.25, -0.2) is 0 Å². The minimum absolute atomic E-state index is 0.213. The molecule has 3 aromatic rings. The van der Waals surface area contributed by atoms with Gasteiger partial charge in [0, 0.05) is 29.9 Å². The lowest BCUT2D eigenvalue weighted by Gasteiger charge is -2.11. The second-order valence-electron chi connectivity index (χ2n) is 6.92. The summed E-state index contributed by atoms with van der Waals surface area (Å²) < 4.78 is 11.3. The van der Waals surface area contributed by atoms with Crippen molar-refractivity contribution in [1.29, 1.82) is 0 Å². The highest BCUT2D eigenvalue weighted by Crippen LogP contribution is 2.32. The quantitative estimate of drug-likeness (QED) is 0.717. The number of nitrogens with zero attached hydrogens (tertiary/aromatic N) is 1. The van der Waals surface area contributed by atoms with Gasteiger partial charge in [0.15, 0.2) is 11.5 Å². The SMILES string of the molecule is Cc1ccc(C)c(-c2ccc(C(=O)Nc3ccc4c(c3)OCCCO4)cn2)c1. The number of anilines is 1. The normalized spacial score (nSPS) is 12.9. The van der Waals surface area contributed by atoms with Crippen LogP contribution in [0, 0.1) is 13.8 Å². The maximum absolute atomic E-state index is 12.6. The van der Waals surface area contributed by atoms with Crippen LogP contribution in [0.1, 0.15) is 27.9 Å². The van der Waals surface area contributed by atoms with Gasteiger partial charge < -0.3 is 14.8 Å². The Morgan fingerprint density at radius 1 is 0.964 bits per heavy atom. The lowest BCUT2D eigenvalue weighted by atomic mass is 10.0. The van der Waals surface area contributed by atoms with Crippen LogP contribution < -0.4 is 14.8 Å². The number of pyridine rings is 1. The number of carbonyl (C=O) groups excluding carboxylic acids is 1. The number of ether oxygens (including phenoxy) is 2. The molecule has 0 unspecified atom stereocenters. The Bertz CT molecular complexity index is 1010. The first-order valence-electron chi connectivity index (χ1n) is 9.35. The summed E-state index contributed by atoms with van der Waals surface area (Å²) in [6, 6.07) is 15.4. The van der Waals surface area contributed by atoms with Crippen LogP contribution in [-0.2, 0) is 0 Å².